The van der Waals surface area contributed by atoms with Crippen LogP contribution in [0.2, 0.25) is 0 Å². The van der Waals surface area contributed by atoms with Gasteiger partial charge in [0.25, 0.3) is 10.0 Å². The van der Waals surface area contributed by atoms with Crippen LogP contribution in [0.3, 0.4) is 0 Å². The van der Waals surface area contributed by atoms with Crippen LogP contribution in [0.15, 0.2) is 54.9 Å². The molecule has 0 saturated carbocycles. The Kier molecular flexibility index (Phi) is 4.85. The molecule has 0 bridgehead atoms. The monoisotopic (exact) mass is 381 g/mol. The molecule has 0 amide bonds. The van der Waals surface area contributed by atoms with Crippen LogP contribution in [0, 0.1) is 17.8 Å². The molecule has 1 aliphatic rings. The summed E-state index contributed by atoms with van der Waals surface area (Å²) in [5.41, 5.74) is 1.12. The summed E-state index contributed by atoms with van der Waals surface area (Å²) in [5.74, 6) is 0. The minimum atomic E-state index is -4.02. The van der Waals surface area contributed by atoms with Gasteiger partial charge in [-0.1, -0.05) is 63.0 Å². The van der Waals surface area contributed by atoms with E-state index in [0.717, 1.165) is 11.1 Å². The SMILES string of the molecule is Cc1ccc(S(=O)(=O)N=S2(=O)C=C(C(C)(C)C)C=C2C(C)(C)C)cc1. The third-order valence-corrected chi connectivity index (χ3v) is 8.49. The Morgan fingerprint density at radius 2 is 1.44 bits per heavy atom. The second kappa shape index (κ2) is 6.09. The van der Waals surface area contributed by atoms with Gasteiger partial charge in [0.15, 0.2) is 0 Å². The van der Waals surface area contributed by atoms with Crippen LogP contribution >= 0.6 is 0 Å². The van der Waals surface area contributed by atoms with Gasteiger partial charge in [0, 0.05) is 10.3 Å². The smallest absolute Gasteiger partial charge is 0.239 e. The molecule has 6 heteroatoms. The quantitative estimate of drug-likeness (QED) is 0.722. The summed E-state index contributed by atoms with van der Waals surface area (Å²) in [6, 6.07) is 6.42. The molecule has 1 heterocycles. The van der Waals surface area contributed by atoms with Crippen molar-refractivity contribution in [1.29, 1.82) is 0 Å². The van der Waals surface area contributed by atoms with Gasteiger partial charge in [0.2, 0.25) is 0 Å². The highest BCUT2D eigenvalue weighted by Gasteiger charge is 2.35. The molecule has 1 aromatic carbocycles. The second-order valence-corrected chi connectivity index (χ2v) is 12.3. The lowest BCUT2D eigenvalue weighted by Gasteiger charge is -2.22. The van der Waals surface area contributed by atoms with E-state index in [1.165, 1.54) is 12.1 Å². The van der Waals surface area contributed by atoms with Crippen molar-refractivity contribution in [2.45, 2.75) is 53.4 Å². The zero-order valence-electron chi connectivity index (χ0n) is 16.0. The maximum absolute atomic E-state index is 13.6. The van der Waals surface area contributed by atoms with Crippen molar-refractivity contribution in [3.63, 3.8) is 0 Å². The molecule has 2 rings (SSSR count). The summed E-state index contributed by atoms with van der Waals surface area (Å²) >= 11 is 0. The Hall–Kier alpha value is -1.40. The maximum atomic E-state index is 13.6. The highest BCUT2D eigenvalue weighted by atomic mass is 32.3. The van der Waals surface area contributed by atoms with E-state index in [4.69, 9.17) is 0 Å². The summed E-state index contributed by atoms with van der Waals surface area (Å²) in [5, 5.41) is 1.54. The third kappa shape index (κ3) is 4.23. The number of sulfonamides is 1. The van der Waals surface area contributed by atoms with Gasteiger partial charge in [-0.25, -0.2) is 4.21 Å². The standard InChI is InChI=1S/C19H27NO3S2/c1-14-8-10-16(11-9-14)25(22,23)20-24(21)13-15(18(2,3)4)12-17(24)19(5,6)7/h8-13H,1-7H3. The minimum Gasteiger partial charge on any atom is -0.239 e. The average molecular weight is 382 g/mol. The van der Waals surface area contributed by atoms with Crippen molar-refractivity contribution < 1.29 is 12.6 Å². The van der Waals surface area contributed by atoms with Gasteiger partial charge in [-0.2, -0.15) is 8.42 Å². The van der Waals surface area contributed by atoms with E-state index in [9.17, 15) is 12.6 Å². The molecule has 25 heavy (non-hydrogen) atoms. The van der Waals surface area contributed by atoms with Crippen LogP contribution in [-0.4, -0.2) is 12.6 Å². The van der Waals surface area contributed by atoms with Crippen LogP contribution in [0.1, 0.15) is 47.1 Å². The summed E-state index contributed by atoms with van der Waals surface area (Å²) < 4.78 is 43.0. The van der Waals surface area contributed by atoms with Crippen molar-refractivity contribution in [2.24, 2.45) is 14.6 Å². The maximum Gasteiger partial charge on any atom is 0.290 e. The Morgan fingerprint density at radius 1 is 0.920 bits per heavy atom. The highest BCUT2D eigenvalue weighted by Crippen LogP contribution is 2.43. The number of nitrogens with zero attached hydrogens (tertiary/aromatic N) is 1. The normalized spacial score (nSPS) is 21.7. The summed E-state index contributed by atoms with van der Waals surface area (Å²) in [4.78, 5) is 0.618. The summed E-state index contributed by atoms with van der Waals surface area (Å²) in [6.45, 7) is 13.7. The zero-order valence-corrected chi connectivity index (χ0v) is 17.6. The van der Waals surface area contributed by atoms with Crippen LogP contribution in [-0.2, 0) is 19.8 Å². The van der Waals surface area contributed by atoms with Crippen molar-refractivity contribution in [3.05, 3.63) is 51.8 Å². The zero-order chi connectivity index (χ0) is 19.3. The summed E-state index contributed by atoms with van der Waals surface area (Å²) in [7, 11) is -7.18. The molecule has 0 saturated heterocycles. The second-order valence-electron chi connectivity index (χ2n) is 8.51. The molecule has 0 N–H and O–H groups in total. The molecular formula is C19H27NO3S2. The molecule has 1 aromatic rings. The van der Waals surface area contributed by atoms with E-state index in [1.807, 2.05) is 54.5 Å². The fourth-order valence-electron chi connectivity index (χ4n) is 2.50. The molecule has 0 radical (unpaired) electrons. The van der Waals surface area contributed by atoms with E-state index in [2.05, 4.69) is 3.77 Å². The van der Waals surface area contributed by atoms with Gasteiger partial charge in [-0.15, -0.1) is 0 Å². The number of aryl methyl sites for hydroxylation is 1. The number of allylic oxidation sites excluding steroid dienone is 3. The fraction of sp³-hybridized carbons (Fsp3) is 0.474. The molecule has 138 valence electrons. The number of benzene rings is 1. The molecule has 0 aromatic heterocycles. The highest BCUT2D eigenvalue weighted by molar-refractivity contribution is 8.07. The van der Waals surface area contributed by atoms with E-state index in [0.29, 0.717) is 4.91 Å². The average Bonchev–Trinajstić information content (AvgIpc) is 2.75. The lowest BCUT2D eigenvalue weighted by Crippen LogP contribution is -2.16. The molecular weight excluding hydrogens is 354 g/mol. The van der Waals surface area contributed by atoms with E-state index in [-0.39, 0.29) is 10.3 Å². The topological polar surface area (TPSA) is 63.6 Å². The number of hydrogen-bond acceptors (Lipinski definition) is 3. The number of hydrogen-bond donors (Lipinski definition) is 0. The first-order valence-electron chi connectivity index (χ1n) is 8.20. The van der Waals surface area contributed by atoms with Crippen LogP contribution < -0.4 is 0 Å². The molecule has 1 atom stereocenters. The van der Waals surface area contributed by atoms with Crippen molar-refractivity contribution >= 4 is 19.8 Å². The Bertz CT molecular complexity index is 959. The van der Waals surface area contributed by atoms with E-state index < -0.39 is 25.2 Å². The van der Waals surface area contributed by atoms with Gasteiger partial charge in [0.1, 0.15) is 9.73 Å². The minimum absolute atomic E-state index is 0.0618. The van der Waals surface area contributed by atoms with Crippen molar-refractivity contribution in [1.82, 2.24) is 0 Å². The molecule has 0 spiro atoms. The first-order valence-corrected chi connectivity index (χ1v) is 11.2. The Labute approximate surface area is 152 Å². The van der Waals surface area contributed by atoms with Gasteiger partial charge in [-0.05, 0) is 41.5 Å². The van der Waals surface area contributed by atoms with Crippen LogP contribution in [0.5, 0.6) is 0 Å². The molecule has 1 aliphatic heterocycles. The van der Waals surface area contributed by atoms with Crippen LogP contribution in [0.25, 0.3) is 0 Å². The van der Waals surface area contributed by atoms with Crippen LogP contribution in [0.4, 0.5) is 0 Å². The van der Waals surface area contributed by atoms with E-state index in [1.54, 1.807) is 17.5 Å². The van der Waals surface area contributed by atoms with E-state index >= 15 is 0 Å². The first-order chi connectivity index (χ1) is 11.2. The fourth-order valence-corrected chi connectivity index (χ4v) is 7.05. The molecule has 1 unspecified atom stereocenters. The van der Waals surface area contributed by atoms with Gasteiger partial charge < -0.3 is 0 Å². The van der Waals surface area contributed by atoms with Gasteiger partial charge in [-0.3, -0.25) is 0 Å². The Morgan fingerprint density at radius 3 is 1.88 bits per heavy atom. The summed E-state index contributed by atoms with van der Waals surface area (Å²) in [6.07, 6.45) is 1.86. The first kappa shape index (κ1) is 19.9. The Balaban J connectivity index is 2.71. The van der Waals surface area contributed by atoms with Crippen molar-refractivity contribution in [2.75, 3.05) is 0 Å². The molecule has 0 fully saturated rings. The predicted octanol–water partition coefficient (Wildman–Crippen LogP) is 5.03. The number of rotatable bonds is 2. The molecule has 4 nitrogen and oxygen atoms in total. The molecule has 0 aliphatic carbocycles. The predicted molar refractivity (Wildman–Crippen MR) is 104 cm³/mol. The van der Waals surface area contributed by atoms with Gasteiger partial charge >= 0.3 is 0 Å². The van der Waals surface area contributed by atoms with Crippen molar-refractivity contribution in [3.8, 4) is 0 Å². The largest absolute Gasteiger partial charge is 0.290 e. The lowest BCUT2D eigenvalue weighted by atomic mass is 9.85. The van der Waals surface area contributed by atoms with Gasteiger partial charge in [0.05, 0.1) is 4.90 Å². The lowest BCUT2D eigenvalue weighted by molar-refractivity contribution is 0.509. The third-order valence-electron chi connectivity index (χ3n) is 4.02.